The van der Waals surface area contributed by atoms with Gasteiger partial charge < -0.3 is 9.47 Å². The normalized spacial score (nSPS) is 11.3. The Morgan fingerprint density at radius 3 is 2.49 bits per heavy atom. The zero-order chi connectivity index (χ0) is 25.6. The van der Waals surface area contributed by atoms with Gasteiger partial charge in [-0.2, -0.15) is 5.10 Å². The second kappa shape index (κ2) is 11.6. The lowest BCUT2D eigenvalue weighted by molar-refractivity contribution is -0.119. The van der Waals surface area contributed by atoms with Gasteiger partial charge in [0.25, 0.3) is 15.9 Å². The Hall–Kier alpha value is -3.08. The lowest BCUT2D eigenvalue weighted by atomic mass is 10.2. The number of anilines is 1. The summed E-state index contributed by atoms with van der Waals surface area (Å²) in [7, 11) is -1.03. The molecule has 1 amide bonds. The van der Waals surface area contributed by atoms with Gasteiger partial charge in [-0.1, -0.05) is 35.9 Å². The Balaban J connectivity index is 1.87. The highest BCUT2D eigenvalue weighted by molar-refractivity contribution is 9.10. The van der Waals surface area contributed by atoms with Crippen LogP contribution in [0, 0.1) is 6.92 Å². The average molecular weight is 581 g/mol. The van der Waals surface area contributed by atoms with Crippen molar-refractivity contribution in [3.8, 4) is 11.5 Å². The molecule has 0 spiro atoms. The molecule has 0 unspecified atom stereocenters. The standard InChI is InChI=1S/C24H23BrClN3O5S/c1-16-20(26)10-7-11-21(16)29(35(31,32)18-8-5-4-6-9-18)15-23(30)28-27-14-17-12-19(25)24(34-3)22(13-17)33-2/h4-14H,15H2,1-3H3,(H,28,30)/b27-14+. The third-order valence-electron chi connectivity index (χ3n) is 4.98. The molecule has 11 heteroatoms. The van der Waals surface area contributed by atoms with Crippen LogP contribution < -0.4 is 19.2 Å². The lowest BCUT2D eigenvalue weighted by Crippen LogP contribution is -2.40. The van der Waals surface area contributed by atoms with Crippen LogP contribution in [0.25, 0.3) is 0 Å². The molecular formula is C24H23BrClN3O5S. The SMILES string of the molecule is COc1cc(/C=N/NC(=O)CN(c2cccc(Cl)c2C)S(=O)(=O)c2ccccc2)cc(Br)c1OC. The van der Waals surface area contributed by atoms with Crippen molar-refractivity contribution in [1.29, 1.82) is 0 Å². The smallest absolute Gasteiger partial charge is 0.264 e. The van der Waals surface area contributed by atoms with Crippen LogP contribution >= 0.6 is 27.5 Å². The summed E-state index contributed by atoms with van der Waals surface area (Å²) in [5.41, 5.74) is 3.82. The number of sulfonamides is 1. The summed E-state index contributed by atoms with van der Waals surface area (Å²) in [5, 5.41) is 4.35. The number of hydrazone groups is 1. The first-order valence-corrected chi connectivity index (χ1v) is 12.9. The maximum absolute atomic E-state index is 13.4. The number of hydrogen-bond acceptors (Lipinski definition) is 6. The molecular weight excluding hydrogens is 558 g/mol. The second-order valence-corrected chi connectivity index (χ2v) is 10.4. The van der Waals surface area contributed by atoms with Gasteiger partial charge in [-0.3, -0.25) is 9.10 Å². The van der Waals surface area contributed by atoms with Crippen molar-refractivity contribution in [2.75, 3.05) is 25.1 Å². The minimum absolute atomic E-state index is 0.0471. The molecule has 3 rings (SSSR count). The maximum Gasteiger partial charge on any atom is 0.264 e. The van der Waals surface area contributed by atoms with Crippen LogP contribution in [-0.2, 0) is 14.8 Å². The van der Waals surface area contributed by atoms with Gasteiger partial charge in [0.2, 0.25) is 0 Å². The van der Waals surface area contributed by atoms with Gasteiger partial charge in [0.05, 0.1) is 35.5 Å². The van der Waals surface area contributed by atoms with Crippen LogP contribution in [0.4, 0.5) is 5.69 Å². The van der Waals surface area contributed by atoms with Crippen LogP contribution in [0.5, 0.6) is 11.5 Å². The number of halogens is 2. The molecule has 8 nitrogen and oxygen atoms in total. The molecule has 0 bridgehead atoms. The van der Waals surface area contributed by atoms with E-state index >= 15 is 0 Å². The number of carbonyl (C=O) groups excluding carboxylic acids is 1. The van der Waals surface area contributed by atoms with Crippen molar-refractivity contribution in [2.45, 2.75) is 11.8 Å². The van der Waals surface area contributed by atoms with E-state index in [1.807, 2.05) is 0 Å². The zero-order valence-corrected chi connectivity index (χ0v) is 22.3. The number of hydrogen-bond donors (Lipinski definition) is 1. The van der Waals surface area contributed by atoms with Crippen LogP contribution in [0.1, 0.15) is 11.1 Å². The van der Waals surface area contributed by atoms with E-state index in [1.165, 1.54) is 32.6 Å². The van der Waals surface area contributed by atoms with Gasteiger partial charge in [-0.05, 0) is 70.4 Å². The Kier molecular flexibility index (Phi) is 8.76. The summed E-state index contributed by atoms with van der Waals surface area (Å²) >= 11 is 9.63. The number of amides is 1. The molecule has 1 N–H and O–H groups in total. The van der Waals surface area contributed by atoms with Gasteiger partial charge in [0.15, 0.2) is 11.5 Å². The third-order valence-corrected chi connectivity index (χ3v) is 7.76. The molecule has 0 atom stereocenters. The van der Waals surface area contributed by atoms with Gasteiger partial charge in [-0.15, -0.1) is 0 Å². The molecule has 0 fully saturated rings. The van der Waals surface area contributed by atoms with Crippen molar-refractivity contribution in [3.05, 3.63) is 81.3 Å². The van der Waals surface area contributed by atoms with Crippen LogP contribution in [0.2, 0.25) is 5.02 Å². The van der Waals surface area contributed by atoms with E-state index in [4.69, 9.17) is 21.1 Å². The monoisotopic (exact) mass is 579 g/mol. The van der Waals surface area contributed by atoms with E-state index in [-0.39, 0.29) is 4.90 Å². The predicted molar refractivity (Wildman–Crippen MR) is 140 cm³/mol. The van der Waals surface area contributed by atoms with E-state index in [0.717, 1.165) is 4.31 Å². The highest BCUT2D eigenvalue weighted by Gasteiger charge is 2.28. The minimum atomic E-state index is -4.06. The van der Waals surface area contributed by atoms with E-state index in [2.05, 4.69) is 26.5 Å². The molecule has 0 aliphatic carbocycles. The maximum atomic E-state index is 13.4. The summed E-state index contributed by atoms with van der Waals surface area (Å²) < 4.78 is 39.1. The fourth-order valence-electron chi connectivity index (χ4n) is 3.24. The molecule has 0 saturated carbocycles. The van der Waals surface area contributed by atoms with Gasteiger partial charge in [-0.25, -0.2) is 13.8 Å². The van der Waals surface area contributed by atoms with Crippen molar-refractivity contribution < 1.29 is 22.7 Å². The Morgan fingerprint density at radius 1 is 1.11 bits per heavy atom. The Bertz CT molecular complexity index is 1350. The fraction of sp³-hybridized carbons (Fsp3) is 0.167. The number of carbonyl (C=O) groups is 1. The molecule has 0 heterocycles. The van der Waals surface area contributed by atoms with Crippen molar-refractivity contribution in [1.82, 2.24) is 5.43 Å². The number of benzene rings is 3. The molecule has 35 heavy (non-hydrogen) atoms. The van der Waals surface area contributed by atoms with E-state index < -0.39 is 22.5 Å². The van der Waals surface area contributed by atoms with E-state index in [0.29, 0.717) is 37.8 Å². The second-order valence-electron chi connectivity index (χ2n) is 7.24. The van der Waals surface area contributed by atoms with Gasteiger partial charge in [0, 0.05) is 5.02 Å². The van der Waals surface area contributed by atoms with Crippen molar-refractivity contribution >= 4 is 55.4 Å². The molecule has 3 aromatic rings. The van der Waals surface area contributed by atoms with Gasteiger partial charge >= 0.3 is 0 Å². The molecule has 0 saturated heterocycles. The van der Waals surface area contributed by atoms with E-state index in [1.54, 1.807) is 55.5 Å². The zero-order valence-electron chi connectivity index (χ0n) is 19.2. The van der Waals surface area contributed by atoms with Crippen molar-refractivity contribution in [2.24, 2.45) is 5.10 Å². The summed E-state index contributed by atoms with van der Waals surface area (Å²) in [6.45, 7) is 1.18. The molecule has 3 aromatic carbocycles. The number of methoxy groups -OCH3 is 2. The van der Waals surface area contributed by atoms with Crippen LogP contribution in [0.15, 0.2) is 75.1 Å². The van der Waals surface area contributed by atoms with Crippen LogP contribution in [0.3, 0.4) is 0 Å². The topological polar surface area (TPSA) is 97.3 Å². The highest BCUT2D eigenvalue weighted by Crippen LogP contribution is 2.36. The first-order chi connectivity index (χ1) is 16.7. The first kappa shape index (κ1) is 26.5. The summed E-state index contributed by atoms with van der Waals surface area (Å²) in [6.07, 6.45) is 1.41. The number of ether oxygens (including phenoxy) is 2. The molecule has 184 valence electrons. The van der Waals surface area contributed by atoms with E-state index in [9.17, 15) is 13.2 Å². The minimum Gasteiger partial charge on any atom is -0.493 e. The van der Waals surface area contributed by atoms with Gasteiger partial charge in [0.1, 0.15) is 6.54 Å². The fourth-order valence-corrected chi connectivity index (χ4v) is 5.53. The number of nitrogens with one attached hydrogen (secondary N) is 1. The largest absolute Gasteiger partial charge is 0.493 e. The first-order valence-electron chi connectivity index (χ1n) is 10.3. The Morgan fingerprint density at radius 2 is 1.83 bits per heavy atom. The summed E-state index contributed by atoms with van der Waals surface area (Å²) in [5.74, 6) is 0.359. The summed E-state index contributed by atoms with van der Waals surface area (Å²) in [6, 6.07) is 16.2. The average Bonchev–Trinajstić information content (AvgIpc) is 2.84. The quantitative estimate of drug-likeness (QED) is 0.290. The van der Waals surface area contributed by atoms with Crippen molar-refractivity contribution in [3.63, 3.8) is 0 Å². The number of rotatable bonds is 9. The third kappa shape index (κ3) is 6.14. The number of nitrogens with zero attached hydrogens (tertiary/aromatic N) is 2. The van der Waals surface area contributed by atoms with Crippen LogP contribution in [-0.4, -0.2) is 41.3 Å². The predicted octanol–water partition coefficient (Wildman–Crippen LogP) is 4.77. The molecule has 0 aliphatic heterocycles. The summed E-state index contributed by atoms with van der Waals surface area (Å²) in [4.78, 5) is 12.8. The molecule has 0 radical (unpaired) electrons. The Labute approximate surface area is 217 Å². The molecule has 0 aliphatic rings. The lowest BCUT2D eigenvalue weighted by Gasteiger charge is -2.25. The highest BCUT2D eigenvalue weighted by atomic mass is 79.9. The molecule has 0 aromatic heterocycles.